The number of carbonyl (C=O) groups excluding carboxylic acids is 1. The number of aromatic nitrogens is 2. The Kier molecular flexibility index (Phi) is 4.22. The number of anilines is 1. The van der Waals surface area contributed by atoms with Crippen molar-refractivity contribution in [2.45, 2.75) is 6.04 Å². The zero-order valence-electron chi connectivity index (χ0n) is 14.7. The monoisotopic (exact) mass is 467 g/mol. The van der Waals surface area contributed by atoms with E-state index in [1.807, 2.05) is 0 Å². The summed E-state index contributed by atoms with van der Waals surface area (Å²) in [7, 11) is 0. The number of halogens is 2. The van der Waals surface area contributed by atoms with Gasteiger partial charge < -0.3 is 4.42 Å². The summed E-state index contributed by atoms with van der Waals surface area (Å²) in [6.45, 7) is 0. The summed E-state index contributed by atoms with van der Waals surface area (Å²) >= 11 is 9.58. The van der Waals surface area contributed by atoms with E-state index in [2.05, 4.69) is 25.9 Å². The maximum absolute atomic E-state index is 13.4. The van der Waals surface area contributed by atoms with Crippen molar-refractivity contribution in [1.29, 1.82) is 0 Å². The van der Waals surface area contributed by atoms with E-state index in [0.29, 0.717) is 21.6 Å². The van der Waals surface area contributed by atoms with Crippen molar-refractivity contribution < 1.29 is 9.21 Å². The summed E-state index contributed by atoms with van der Waals surface area (Å²) in [4.78, 5) is 36.5. The standard InChI is InChI=1S/C21H11BrClN3O3/c22-12-5-6-15-14(10-12)18(27)16-17(11-3-1-4-13(23)9-11)26(20(28)19(16)29-15)21-24-7-2-8-25-21/h1-10,17H. The van der Waals surface area contributed by atoms with Crippen molar-refractivity contribution in [3.05, 3.63) is 97.5 Å². The molecule has 8 heteroatoms. The quantitative estimate of drug-likeness (QED) is 0.424. The first kappa shape index (κ1) is 18.0. The van der Waals surface area contributed by atoms with Gasteiger partial charge in [-0.3, -0.25) is 14.5 Å². The largest absolute Gasteiger partial charge is 0.450 e. The van der Waals surface area contributed by atoms with E-state index in [-0.39, 0.29) is 22.7 Å². The van der Waals surface area contributed by atoms with Gasteiger partial charge in [-0.05, 0) is 42.0 Å². The molecule has 29 heavy (non-hydrogen) atoms. The van der Waals surface area contributed by atoms with Gasteiger partial charge in [0.15, 0.2) is 5.43 Å². The van der Waals surface area contributed by atoms with Crippen molar-refractivity contribution in [3.63, 3.8) is 0 Å². The molecule has 1 aliphatic heterocycles. The number of fused-ring (bicyclic) bond motifs is 2. The number of carbonyl (C=O) groups is 1. The minimum atomic E-state index is -0.752. The highest BCUT2D eigenvalue weighted by molar-refractivity contribution is 9.10. The molecular weight excluding hydrogens is 458 g/mol. The summed E-state index contributed by atoms with van der Waals surface area (Å²) in [6, 6.07) is 13.0. The molecule has 1 aliphatic rings. The summed E-state index contributed by atoms with van der Waals surface area (Å²) < 4.78 is 6.63. The van der Waals surface area contributed by atoms with E-state index in [9.17, 15) is 9.59 Å². The third-order valence-corrected chi connectivity index (χ3v) is 5.49. The topological polar surface area (TPSA) is 76.3 Å². The molecule has 2 aromatic heterocycles. The number of benzene rings is 2. The molecule has 2 aromatic carbocycles. The second kappa shape index (κ2) is 6.79. The highest BCUT2D eigenvalue weighted by Gasteiger charge is 2.44. The molecule has 0 fully saturated rings. The highest BCUT2D eigenvalue weighted by atomic mass is 79.9. The lowest BCUT2D eigenvalue weighted by Gasteiger charge is -2.23. The van der Waals surface area contributed by atoms with Gasteiger partial charge >= 0.3 is 0 Å². The third-order valence-electron chi connectivity index (χ3n) is 4.76. The van der Waals surface area contributed by atoms with Crippen molar-refractivity contribution in [2.75, 3.05) is 4.90 Å². The predicted octanol–water partition coefficient (Wildman–Crippen LogP) is 4.75. The van der Waals surface area contributed by atoms with E-state index < -0.39 is 11.9 Å². The van der Waals surface area contributed by atoms with Crippen LogP contribution in [0.2, 0.25) is 5.02 Å². The molecule has 4 aromatic rings. The molecule has 1 unspecified atom stereocenters. The molecule has 6 nitrogen and oxygen atoms in total. The average molecular weight is 469 g/mol. The Labute approximate surface area is 177 Å². The molecule has 0 aliphatic carbocycles. The zero-order chi connectivity index (χ0) is 20.1. The van der Waals surface area contributed by atoms with Crippen molar-refractivity contribution in [2.24, 2.45) is 0 Å². The number of hydrogen-bond acceptors (Lipinski definition) is 5. The van der Waals surface area contributed by atoms with Gasteiger partial charge in [0.25, 0.3) is 5.91 Å². The molecule has 0 radical (unpaired) electrons. The lowest BCUT2D eigenvalue weighted by molar-refractivity contribution is 0.0969. The number of nitrogens with zero attached hydrogens (tertiary/aromatic N) is 3. The SMILES string of the molecule is O=C1c2oc3ccc(Br)cc3c(=O)c2C(c2cccc(Cl)c2)N1c1ncccn1. The van der Waals surface area contributed by atoms with Gasteiger partial charge in [0.2, 0.25) is 11.7 Å². The van der Waals surface area contributed by atoms with Crippen LogP contribution in [0.25, 0.3) is 11.0 Å². The molecule has 0 N–H and O–H groups in total. The summed E-state index contributed by atoms with van der Waals surface area (Å²) in [5, 5.41) is 0.874. The van der Waals surface area contributed by atoms with Crippen molar-refractivity contribution >= 4 is 50.4 Å². The Hall–Kier alpha value is -3.03. The minimum absolute atomic E-state index is 0.0118. The van der Waals surface area contributed by atoms with E-state index >= 15 is 0 Å². The van der Waals surface area contributed by atoms with Gasteiger partial charge in [-0.15, -0.1) is 0 Å². The van der Waals surface area contributed by atoms with Gasteiger partial charge in [-0.1, -0.05) is 39.7 Å². The summed E-state index contributed by atoms with van der Waals surface area (Å²) in [5.41, 5.74) is 0.972. The number of amides is 1. The highest BCUT2D eigenvalue weighted by Crippen LogP contribution is 2.40. The molecule has 1 atom stereocenters. The van der Waals surface area contributed by atoms with Crippen LogP contribution in [0.4, 0.5) is 5.95 Å². The van der Waals surface area contributed by atoms with Crippen LogP contribution < -0.4 is 10.3 Å². The second-order valence-corrected chi connectivity index (χ2v) is 7.85. The van der Waals surface area contributed by atoms with Crippen LogP contribution in [0.15, 0.2) is 74.6 Å². The van der Waals surface area contributed by atoms with Crippen molar-refractivity contribution in [1.82, 2.24) is 9.97 Å². The Morgan fingerprint density at radius 1 is 1.03 bits per heavy atom. The molecule has 0 bridgehead atoms. The van der Waals surface area contributed by atoms with Crippen molar-refractivity contribution in [3.8, 4) is 0 Å². The molecule has 0 saturated heterocycles. The van der Waals surface area contributed by atoms with Crippen LogP contribution in [-0.4, -0.2) is 15.9 Å². The van der Waals surface area contributed by atoms with Gasteiger partial charge in [-0.2, -0.15) is 0 Å². The fourth-order valence-corrected chi connectivity index (χ4v) is 4.12. The smallest absolute Gasteiger partial charge is 0.297 e. The van der Waals surface area contributed by atoms with E-state index in [1.165, 1.54) is 17.3 Å². The Bertz CT molecular complexity index is 1340. The van der Waals surface area contributed by atoms with Gasteiger partial charge in [0.1, 0.15) is 5.58 Å². The van der Waals surface area contributed by atoms with Crippen LogP contribution >= 0.6 is 27.5 Å². The maximum atomic E-state index is 13.4. The second-order valence-electron chi connectivity index (χ2n) is 6.50. The molecule has 142 valence electrons. The summed E-state index contributed by atoms with van der Waals surface area (Å²) in [6.07, 6.45) is 3.08. The predicted molar refractivity (Wildman–Crippen MR) is 112 cm³/mol. The first-order valence-electron chi connectivity index (χ1n) is 8.67. The molecule has 5 rings (SSSR count). The zero-order valence-corrected chi connectivity index (χ0v) is 17.0. The van der Waals surface area contributed by atoms with E-state index in [1.54, 1.807) is 48.5 Å². The van der Waals surface area contributed by atoms with Crippen LogP contribution in [0.5, 0.6) is 0 Å². The first-order chi connectivity index (χ1) is 14.0. The van der Waals surface area contributed by atoms with E-state index in [4.69, 9.17) is 16.0 Å². The number of rotatable bonds is 2. The van der Waals surface area contributed by atoms with E-state index in [0.717, 1.165) is 4.47 Å². The molecule has 0 spiro atoms. The lowest BCUT2D eigenvalue weighted by Crippen LogP contribution is -2.31. The minimum Gasteiger partial charge on any atom is -0.450 e. The Morgan fingerprint density at radius 2 is 1.83 bits per heavy atom. The van der Waals surface area contributed by atoms with Gasteiger partial charge in [-0.25, -0.2) is 9.97 Å². The normalized spacial score (nSPS) is 15.7. The summed E-state index contributed by atoms with van der Waals surface area (Å²) in [5.74, 6) is -0.307. The van der Waals surface area contributed by atoms with Gasteiger partial charge in [0, 0.05) is 21.9 Å². The molecule has 1 amide bonds. The average Bonchev–Trinajstić information content (AvgIpc) is 3.02. The van der Waals surface area contributed by atoms with Crippen LogP contribution in [0.3, 0.4) is 0 Å². The third kappa shape index (κ3) is 2.85. The molecule has 0 saturated carbocycles. The fraction of sp³-hybridized carbons (Fsp3) is 0.0476. The Morgan fingerprint density at radius 3 is 2.59 bits per heavy atom. The van der Waals surface area contributed by atoms with Gasteiger partial charge in [0.05, 0.1) is 17.0 Å². The Balaban J connectivity index is 1.84. The molecule has 3 heterocycles. The lowest BCUT2D eigenvalue weighted by atomic mass is 9.99. The van der Waals surface area contributed by atoms with Crippen LogP contribution in [-0.2, 0) is 0 Å². The maximum Gasteiger partial charge on any atom is 0.297 e. The fourth-order valence-electron chi connectivity index (χ4n) is 3.56. The first-order valence-corrected chi connectivity index (χ1v) is 9.84. The van der Waals surface area contributed by atoms with Crippen LogP contribution in [0.1, 0.15) is 27.7 Å². The molecular formula is C21H11BrClN3O3. The van der Waals surface area contributed by atoms with Crippen LogP contribution in [0, 0.1) is 0 Å². The number of hydrogen-bond donors (Lipinski definition) is 0.